The van der Waals surface area contributed by atoms with Gasteiger partial charge in [0.2, 0.25) is 0 Å². The van der Waals surface area contributed by atoms with Gasteiger partial charge in [-0.3, -0.25) is 37.3 Å². The minimum absolute atomic E-state index is 0.104. The number of ether oxygens (including phenoxy) is 4. The lowest BCUT2D eigenvalue weighted by Gasteiger charge is -2.21. The number of phosphoric acid groups is 2. The van der Waals surface area contributed by atoms with Gasteiger partial charge in [-0.1, -0.05) is 273 Å². The number of carbonyl (C=O) groups excluding carboxylic acids is 4. The third-order valence-corrected chi connectivity index (χ3v) is 17.4. The van der Waals surface area contributed by atoms with Crippen LogP contribution in [0.3, 0.4) is 0 Å². The molecular formula is C66H128O17P2. The first-order valence-electron chi connectivity index (χ1n) is 34.4. The predicted octanol–water partition coefficient (Wildman–Crippen LogP) is 18.3. The first-order valence-corrected chi connectivity index (χ1v) is 37.4. The van der Waals surface area contributed by atoms with E-state index in [-0.39, 0.29) is 25.7 Å². The highest BCUT2D eigenvalue weighted by molar-refractivity contribution is 7.47. The zero-order valence-corrected chi connectivity index (χ0v) is 56.9. The van der Waals surface area contributed by atoms with Crippen molar-refractivity contribution in [1.82, 2.24) is 0 Å². The molecule has 0 radical (unpaired) electrons. The first kappa shape index (κ1) is 83.1. The molecule has 6 atom stereocenters. The molecule has 0 heterocycles. The summed E-state index contributed by atoms with van der Waals surface area (Å²) in [7, 11) is -9.89. The summed E-state index contributed by atoms with van der Waals surface area (Å²) in [5.74, 6) is 0.129. The van der Waals surface area contributed by atoms with E-state index in [2.05, 4.69) is 48.5 Å². The molecule has 0 aliphatic heterocycles. The van der Waals surface area contributed by atoms with Gasteiger partial charge in [0.25, 0.3) is 0 Å². The van der Waals surface area contributed by atoms with Gasteiger partial charge in [-0.2, -0.15) is 0 Å². The van der Waals surface area contributed by atoms with E-state index in [1.807, 2.05) is 0 Å². The van der Waals surface area contributed by atoms with Crippen LogP contribution in [0.2, 0.25) is 0 Å². The molecule has 0 aliphatic rings. The lowest BCUT2D eigenvalue weighted by Crippen LogP contribution is -2.30. The van der Waals surface area contributed by atoms with E-state index in [1.165, 1.54) is 128 Å². The predicted molar refractivity (Wildman–Crippen MR) is 340 cm³/mol. The van der Waals surface area contributed by atoms with E-state index in [4.69, 9.17) is 37.0 Å². The maximum atomic E-state index is 13.0. The molecule has 19 heteroatoms. The summed E-state index contributed by atoms with van der Waals surface area (Å²) in [5.41, 5.74) is 0. The normalized spacial score (nSPS) is 14.6. The monoisotopic (exact) mass is 1250 g/mol. The van der Waals surface area contributed by atoms with E-state index in [1.54, 1.807) is 0 Å². The number of carbonyl (C=O) groups is 4. The van der Waals surface area contributed by atoms with E-state index in [0.717, 1.165) is 114 Å². The van der Waals surface area contributed by atoms with Gasteiger partial charge in [-0.15, -0.1) is 0 Å². The van der Waals surface area contributed by atoms with E-state index < -0.39 is 97.5 Å². The van der Waals surface area contributed by atoms with Crippen molar-refractivity contribution in [2.24, 2.45) is 17.8 Å². The Morgan fingerprint density at radius 1 is 0.341 bits per heavy atom. The van der Waals surface area contributed by atoms with Gasteiger partial charge >= 0.3 is 39.5 Å². The lowest BCUT2D eigenvalue weighted by atomic mass is 9.99. The number of rotatable bonds is 64. The fourth-order valence-corrected chi connectivity index (χ4v) is 11.4. The number of aliphatic hydroxyl groups excluding tert-OH is 1. The standard InChI is InChI=1S/C66H128O17P2/c1-8-10-11-12-13-26-33-40-47-63(68)76-53-61(83-66(71)50-43-36-29-22-21-24-31-38-45-58(5)6)55-80-84(72,73)78-51-60(67)52-79-85(74,75)81-56-62(54-77-64(69)48-41-34-27-20-16-17-23-30-37-44-57(3)4)82-65(70)49-42-35-28-19-15-14-18-25-32-39-46-59(7)9-2/h57-62,67H,8-56H2,1-7H3,(H,72,73)(H,74,75)/t59?,60-,61+,62+/m0/s1. The molecule has 3 N–H and O–H groups in total. The number of aliphatic hydroxyl groups is 1. The van der Waals surface area contributed by atoms with E-state index in [0.29, 0.717) is 25.7 Å². The molecule has 17 nitrogen and oxygen atoms in total. The summed E-state index contributed by atoms with van der Waals surface area (Å²) >= 11 is 0. The number of unbranched alkanes of at least 4 members (excludes halogenated alkanes) is 31. The third-order valence-electron chi connectivity index (χ3n) is 15.5. The second-order valence-corrected chi connectivity index (χ2v) is 28.0. The largest absolute Gasteiger partial charge is 0.472 e. The Morgan fingerprint density at radius 2 is 0.600 bits per heavy atom. The van der Waals surface area contributed by atoms with Gasteiger partial charge in [0.1, 0.15) is 19.3 Å². The molecule has 0 amide bonds. The smallest absolute Gasteiger partial charge is 0.462 e. The van der Waals surface area contributed by atoms with Crippen LogP contribution in [-0.4, -0.2) is 96.7 Å². The van der Waals surface area contributed by atoms with Crippen LogP contribution < -0.4 is 0 Å². The molecule has 85 heavy (non-hydrogen) atoms. The molecule has 0 bridgehead atoms. The summed E-state index contributed by atoms with van der Waals surface area (Å²) in [6.45, 7) is 11.8. The van der Waals surface area contributed by atoms with Gasteiger partial charge in [0.15, 0.2) is 12.2 Å². The third kappa shape index (κ3) is 59.5. The Morgan fingerprint density at radius 3 is 0.894 bits per heavy atom. The lowest BCUT2D eigenvalue weighted by molar-refractivity contribution is -0.161. The molecule has 3 unspecified atom stereocenters. The molecule has 0 spiro atoms. The highest BCUT2D eigenvalue weighted by atomic mass is 31.2. The van der Waals surface area contributed by atoms with E-state index in [9.17, 15) is 43.2 Å². The second-order valence-electron chi connectivity index (χ2n) is 25.1. The molecule has 0 fully saturated rings. The Balaban J connectivity index is 5.24. The van der Waals surface area contributed by atoms with Crippen molar-refractivity contribution in [3.05, 3.63) is 0 Å². The maximum absolute atomic E-state index is 13.0. The molecule has 0 aromatic rings. The molecular weight excluding hydrogens is 1130 g/mol. The average Bonchev–Trinajstić information content (AvgIpc) is 3.46. The van der Waals surface area contributed by atoms with Crippen molar-refractivity contribution in [3.8, 4) is 0 Å². The minimum atomic E-state index is -4.95. The zero-order valence-electron chi connectivity index (χ0n) is 55.1. The van der Waals surface area contributed by atoms with Crippen LogP contribution in [0.15, 0.2) is 0 Å². The van der Waals surface area contributed by atoms with Crippen LogP contribution in [0.5, 0.6) is 0 Å². The fourth-order valence-electron chi connectivity index (χ4n) is 9.80. The van der Waals surface area contributed by atoms with E-state index >= 15 is 0 Å². The van der Waals surface area contributed by atoms with Gasteiger partial charge in [0, 0.05) is 25.7 Å². The van der Waals surface area contributed by atoms with Crippen LogP contribution in [0, 0.1) is 17.8 Å². The topological polar surface area (TPSA) is 237 Å². The highest BCUT2D eigenvalue weighted by Gasteiger charge is 2.30. The van der Waals surface area contributed by atoms with Crippen molar-refractivity contribution in [2.45, 2.75) is 343 Å². The van der Waals surface area contributed by atoms with Crippen molar-refractivity contribution >= 4 is 39.5 Å². The van der Waals surface area contributed by atoms with Crippen LogP contribution in [0.25, 0.3) is 0 Å². The Labute approximate surface area is 517 Å². The highest BCUT2D eigenvalue weighted by Crippen LogP contribution is 2.45. The first-order chi connectivity index (χ1) is 40.8. The minimum Gasteiger partial charge on any atom is -0.462 e. The van der Waals surface area contributed by atoms with Crippen molar-refractivity contribution < 1.29 is 80.2 Å². The Kier molecular flexibility index (Phi) is 55.9. The van der Waals surface area contributed by atoms with Gasteiger partial charge in [-0.25, -0.2) is 9.13 Å². The fraction of sp³-hybridized carbons (Fsp3) is 0.939. The van der Waals surface area contributed by atoms with Crippen LogP contribution >= 0.6 is 15.6 Å². The van der Waals surface area contributed by atoms with Crippen molar-refractivity contribution in [1.29, 1.82) is 0 Å². The molecule has 0 aliphatic carbocycles. The summed E-state index contributed by atoms with van der Waals surface area (Å²) in [6, 6.07) is 0. The maximum Gasteiger partial charge on any atom is 0.472 e. The summed E-state index contributed by atoms with van der Waals surface area (Å²) in [4.78, 5) is 72.3. The molecule has 504 valence electrons. The number of phosphoric ester groups is 2. The SMILES string of the molecule is CCCCCCCCCCC(=O)OC[C@H](COP(=O)(O)OC[C@H](O)COP(=O)(O)OC[C@@H](COC(=O)CCCCCCCCCCCC(C)C)OC(=O)CCCCCCCCCCCCC(C)CC)OC(=O)CCCCCCCCCCC(C)C. The Hall–Kier alpha value is -1.94. The van der Waals surface area contributed by atoms with Gasteiger partial charge in [-0.05, 0) is 43.4 Å². The number of hydrogen-bond donors (Lipinski definition) is 3. The number of hydrogen-bond acceptors (Lipinski definition) is 15. The second kappa shape index (κ2) is 57.2. The summed E-state index contributed by atoms with van der Waals surface area (Å²) in [5, 5.41) is 10.5. The van der Waals surface area contributed by atoms with Crippen molar-refractivity contribution in [2.75, 3.05) is 39.6 Å². The van der Waals surface area contributed by atoms with Gasteiger partial charge in [0.05, 0.1) is 26.4 Å². The van der Waals surface area contributed by atoms with Gasteiger partial charge < -0.3 is 33.8 Å². The quantitative estimate of drug-likeness (QED) is 0.0222. The molecule has 0 aromatic heterocycles. The zero-order chi connectivity index (χ0) is 63.1. The Bertz CT molecular complexity index is 1680. The van der Waals surface area contributed by atoms with Crippen LogP contribution in [0.1, 0.15) is 325 Å². The van der Waals surface area contributed by atoms with Crippen LogP contribution in [-0.2, 0) is 65.4 Å². The molecule has 0 aromatic carbocycles. The number of esters is 4. The summed E-state index contributed by atoms with van der Waals surface area (Å²) in [6.07, 6.45) is 38.9. The molecule has 0 saturated heterocycles. The molecule has 0 rings (SSSR count). The summed E-state index contributed by atoms with van der Waals surface area (Å²) < 4.78 is 68.0. The van der Waals surface area contributed by atoms with Crippen molar-refractivity contribution in [3.63, 3.8) is 0 Å². The molecule has 0 saturated carbocycles. The average molecular weight is 1260 g/mol. The van der Waals surface area contributed by atoms with Crippen LogP contribution in [0.4, 0.5) is 0 Å².